The first-order valence-electron chi connectivity index (χ1n) is 6.96. The molecule has 1 amide bonds. The van der Waals surface area contributed by atoms with E-state index in [0.29, 0.717) is 12.5 Å². The van der Waals surface area contributed by atoms with Crippen LogP contribution in [0.5, 0.6) is 0 Å². The Labute approximate surface area is 130 Å². The highest BCUT2D eigenvalue weighted by Gasteiger charge is 2.20. The summed E-state index contributed by atoms with van der Waals surface area (Å²) in [5.41, 5.74) is 0.101. The smallest absolute Gasteiger partial charge is 0.251 e. The monoisotopic (exact) mass is 328 g/mol. The summed E-state index contributed by atoms with van der Waals surface area (Å²) in [4.78, 5) is 11.4. The molecule has 0 aliphatic carbocycles. The molecule has 0 aliphatic heterocycles. The van der Waals surface area contributed by atoms with Gasteiger partial charge in [0.1, 0.15) is 10.7 Å². The van der Waals surface area contributed by atoms with E-state index in [1.165, 1.54) is 12.1 Å². The van der Waals surface area contributed by atoms with Crippen molar-refractivity contribution in [2.45, 2.75) is 25.2 Å². The molecule has 0 fully saturated rings. The van der Waals surface area contributed by atoms with Gasteiger partial charge in [0, 0.05) is 18.7 Å². The topological polar surface area (TPSA) is 75.3 Å². The molecule has 0 heterocycles. The van der Waals surface area contributed by atoms with E-state index in [9.17, 15) is 17.6 Å². The normalized spacial score (nSPS) is 11.5. The number of rotatable bonds is 8. The number of benzene rings is 1. The fourth-order valence-electron chi connectivity index (χ4n) is 1.67. The van der Waals surface area contributed by atoms with E-state index in [2.05, 4.69) is 16.6 Å². The van der Waals surface area contributed by atoms with Gasteiger partial charge in [-0.15, -0.1) is 6.58 Å². The zero-order valence-corrected chi connectivity index (χ0v) is 13.5. The molecular weight excluding hydrogens is 307 g/mol. The van der Waals surface area contributed by atoms with Crippen molar-refractivity contribution in [2.75, 3.05) is 13.1 Å². The molecule has 0 atom stereocenters. The van der Waals surface area contributed by atoms with Crippen LogP contribution in [0.3, 0.4) is 0 Å². The first-order valence-corrected chi connectivity index (χ1v) is 8.44. The summed E-state index contributed by atoms with van der Waals surface area (Å²) in [5, 5.41) is 2.68. The van der Waals surface area contributed by atoms with Crippen molar-refractivity contribution in [3.05, 3.63) is 42.2 Å². The molecule has 0 bridgehead atoms. The van der Waals surface area contributed by atoms with E-state index in [1.54, 1.807) is 0 Å². The Morgan fingerprint density at radius 2 is 2.09 bits per heavy atom. The number of carbonyl (C=O) groups excluding carboxylic acids is 1. The number of sulfonamides is 1. The van der Waals surface area contributed by atoms with Crippen LogP contribution in [0.25, 0.3) is 0 Å². The Morgan fingerprint density at radius 1 is 1.41 bits per heavy atom. The Balaban J connectivity index is 2.94. The summed E-state index contributed by atoms with van der Waals surface area (Å²) in [6, 6.07) is 3.26. The van der Waals surface area contributed by atoms with E-state index in [1.807, 2.05) is 13.8 Å². The number of amides is 1. The lowest BCUT2D eigenvalue weighted by Crippen LogP contribution is -2.27. The van der Waals surface area contributed by atoms with E-state index < -0.39 is 26.6 Å². The van der Waals surface area contributed by atoms with Gasteiger partial charge in [-0.1, -0.05) is 19.9 Å². The third kappa shape index (κ3) is 5.23. The molecule has 0 saturated carbocycles. The lowest BCUT2D eigenvalue weighted by Gasteiger charge is -2.10. The molecule has 0 aromatic heterocycles. The lowest BCUT2D eigenvalue weighted by molar-refractivity contribution is 0.0951. The molecule has 0 saturated heterocycles. The predicted octanol–water partition coefficient (Wildman–Crippen LogP) is 2.07. The van der Waals surface area contributed by atoms with Crippen LogP contribution in [0.15, 0.2) is 35.7 Å². The summed E-state index contributed by atoms with van der Waals surface area (Å²) >= 11 is 0. The van der Waals surface area contributed by atoms with Gasteiger partial charge in [0.25, 0.3) is 5.91 Å². The molecule has 0 unspecified atom stereocenters. The Kier molecular flexibility index (Phi) is 6.70. The minimum Gasteiger partial charge on any atom is -0.352 e. The SMILES string of the molecule is C=CCNS(=O)(=O)c1cc(C(=O)NCCC(C)C)ccc1F. The summed E-state index contributed by atoms with van der Waals surface area (Å²) in [7, 11) is -4.02. The van der Waals surface area contributed by atoms with Crippen molar-refractivity contribution in [3.8, 4) is 0 Å². The molecule has 22 heavy (non-hydrogen) atoms. The van der Waals surface area contributed by atoms with Crippen LogP contribution in [0.4, 0.5) is 4.39 Å². The number of nitrogens with one attached hydrogen (secondary N) is 2. The quantitative estimate of drug-likeness (QED) is 0.717. The highest BCUT2D eigenvalue weighted by Crippen LogP contribution is 2.16. The molecule has 5 nitrogen and oxygen atoms in total. The van der Waals surface area contributed by atoms with Gasteiger partial charge in [-0.25, -0.2) is 17.5 Å². The second-order valence-corrected chi connectivity index (χ2v) is 6.96. The number of halogens is 1. The average Bonchev–Trinajstić information content (AvgIpc) is 2.45. The lowest BCUT2D eigenvalue weighted by atomic mass is 10.1. The average molecular weight is 328 g/mol. The fourth-order valence-corrected chi connectivity index (χ4v) is 2.77. The van der Waals surface area contributed by atoms with Gasteiger partial charge in [0.15, 0.2) is 0 Å². The van der Waals surface area contributed by atoms with E-state index in [-0.39, 0.29) is 12.1 Å². The zero-order valence-electron chi connectivity index (χ0n) is 12.7. The van der Waals surface area contributed by atoms with Crippen LogP contribution >= 0.6 is 0 Å². The van der Waals surface area contributed by atoms with Gasteiger partial charge in [0.2, 0.25) is 10.0 Å². The molecule has 0 aliphatic rings. The van der Waals surface area contributed by atoms with Gasteiger partial charge in [-0.3, -0.25) is 4.79 Å². The van der Waals surface area contributed by atoms with Crippen molar-refractivity contribution >= 4 is 15.9 Å². The Bertz CT molecular complexity index is 642. The molecular formula is C15H21FN2O3S. The maximum Gasteiger partial charge on any atom is 0.251 e. The standard InChI is InChI=1S/C15H21FN2O3S/c1-4-8-18-22(20,21)14-10-12(5-6-13(14)16)15(19)17-9-7-11(2)3/h4-6,10-11,18H,1,7-9H2,2-3H3,(H,17,19). The van der Waals surface area contributed by atoms with E-state index >= 15 is 0 Å². The second-order valence-electron chi connectivity index (χ2n) is 5.22. The zero-order chi connectivity index (χ0) is 16.8. The highest BCUT2D eigenvalue weighted by atomic mass is 32.2. The van der Waals surface area contributed by atoms with Gasteiger partial charge in [0.05, 0.1) is 0 Å². The van der Waals surface area contributed by atoms with Crippen molar-refractivity contribution < 1.29 is 17.6 Å². The van der Waals surface area contributed by atoms with Crippen molar-refractivity contribution in [2.24, 2.45) is 5.92 Å². The van der Waals surface area contributed by atoms with E-state index in [0.717, 1.165) is 18.6 Å². The number of hydrogen-bond donors (Lipinski definition) is 2. The molecule has 1 aromatic carbocycles. The molecule has 122 valence electrons. The largest absolute Gasteiger partial charge is 0.352 e. The maximum atomic E-state index is 13.7. The van der Waals surface area contributed by atoms with Gasteiger partial charge < -0.3 is 5.32 Å². The highest BCUT2D eigenvalue weighted by molar-refractivity contribution is 7.89. The van der Waals surface area contributed by atoms with Crippen molar-refractivity contribution in [3.63, 3.8) is 0 Å². The van der Waals surface area contributed by atoms with Crippen LogP contribution in [0.1, 0.15) is 30.6 Å². The Morgan fingerprint density at radius 3 is 2.68 bits per heavy atom. The third-order valence-electron chi connectivity index (χ3n) is 2.91. The summed E-state index contributed by atoms with van der Waals surface area (Å²) in [6.07, 6.45) is 2.15. The molecule has 2 N–H and O–H groups in total. The van der Waals surface area contributed by atoms with Crippen molar-refractivity contribution in [1.82, 2.24) is 10.0 Å². The summed E-state index contributed by atoms with van der Waals surface area (Å²) in [6.45, 7) is 7.90. The maximum absolute atomic E-state index is 13.7. The van der Waals surface area contributed by atoms with Crippen LogP contribution in [0, 0.1) is 11.7 Å². The van der Waals surface area contributed by atoms with Crippen molar-refractivity contribution in [1.29, 1.82) is 0 Å². The Hall–Kier alpha value is -1.73. The van der Waals surface area contributed by atoms with E-state index in [4.69, 9.17) is 0 Å². The minimum atomic E-state index is -4.02. The van der Waals surface area contributed by atoms with Gasteiger partial charge >= 0.3 is 0 Å². The van der Waals surface area contributed by atoms with Gasteiger partial charge in [-0.2, -0.15) is 0 Å². The third-order valence-corrected chi connectivity index (χ3v) is 4.35. The van der Waals surface area contributed by atoms with Gasteiger partial charge in [-0.05, 0) is 30.5 Å². The second kappa shape index (κ2) is 8.05. The van der Waals surface area contributed by atoms with Crippen LogP contribution in [0.2, 0.25) is 0 Å². The molecule has 1 rings (SSSR count). The number of hydrogen-bond acceptors (Lipinski definition) is 3. The molecule has 1 aromatic rings. The first-order chi connectivity index (χ1) is 10.3. The summed E-state index contributed by atoms with van der Waals surface area (Å²) in [5.74, 6) is -0.899. The van der Waals surface area contributed by atoms with Crippen LogP contribution in [-0.2, 0) is 10.0 Å². The van der Waals surface area contributed by atoms with Crippen LogP contribution in [-0.4, -0.2) is 27.4 Å². The summed E-state index contributed by atoms with van der Waals surface area (Å²) < 4.78 is 39.8. The molecule has 0 spiro atoms. The predicted molar refractivity (Wildman–Crippen MR) is 83.6 cm³/mol. The minimum absolute atomic E-state index is 0.0212. The fraction of sp³-hybridized carbons (Fsp3) is 0.400. The first kappa shape index (κ1) is 18.3. The van der Waals surface area contributed by atoms with Crippen LogP contribution < -0.4 is 10.0 Å². The molecule has 7 heteroatoms. The number of carbonyl (C=O) groups is 1. The molecule has 0 radical (unpaired) electrons.